The van der Waals surface area contributed by atoms with Gasteiger partial charge in [0.1, 0.15) is 0 Å². The minimum absolute atomic E-state index is 0.0215. The smallest absolute Gasteiger partial charge is 0.224 e. The van der Waals surface area contributed by atoms with Gasteiger partial charge in [-0.15, -0.1) is 0 Å². The van der Waals surface area contributed by atoms with Gasteiger partial charge in [-0.3, -0.25) is 4.79 Å². The number of aryl methyl sites for hydroxylation is 1. The van der Waals surface area contributed by atoms with Crippen molar-refractivity contribution < 1.29 is 9.53 Å². The second-order valence-corrected chi connectivity index (χ2v) is 5.79. The van der Waals surface area contributed by atoms with Crippen molar-refractivity contribution >= 4 is 33.2 Å². The number of nitrogens with one attached hydrogen (secondary N) is 1. The minimum atomic E-state index is -0.0215. The quantitative estimate of drug-likeness (QED) is 0.835. The molecule has 0 spiro atoms. The molecule has 0 radical (unpaired) electrons. The molecule has 0 saturated carbocycles. The van der Waals surface area contributed by atoms with Gasteiger partial charge in [0.15, 0.2) is 0 Å². The van der Waals surface area contributed by atoms with E-state index in [0.29, 0.717) is 17.8 Å². The molecule has 104 valence electrons. The van der Waals surface area contributed by atoms with E-state index in [-0.39, 0.29) is 12.0 Å². The molecule has 1 heterocycles. The van der Waals surface area contributed by atoms with Gasteiger partial charge in [-0.2, -0.15) is 0 Å². The summed E-state index contributed by atoms with van der Waals surface area (Å²) in [4.78, 5) is 11.9. The van der Waals surface area contributed by atoms with Crippen LogP contribution in [0.5, 0.6) is 0 Å². The Bertz CT molecular complexity index is 448. The molecule has 19 heavy (non-hydrogen) atoms. The van der Waals surface area contributed by atoms with Gasteiger partial charge >= 0.3 is 0 Å². The number of amides is 1. The summed E-state index contributed by atoms with van der Waals surface area (Å²) < 4.78 is 6.32. The van der Waals surface area contributed by atoms with E-state index in [4.69, 9.17) is 10.5 Å². The normalized spacial score (nSPS) is 18.5. The Labute approximate surface area is 121 Å². The van der Waals surface area contributed by atoms with Crippen LogP contribution in [0, 0.1) is 6.92 Å². The fourth-order valence-corrected chi connectivity index (χ4v) is 2.96. The number of nitrogens with two attached hydrogens (primary N) is 1. The Balaban J connectivity index is 1.91. The zero-order chi connectivity index (χ0) is 13.8. The lowest BCUT2D eigenvalue weighted by Crippen LogP contribution is -2.16. The van der Waals surface area contributed by atoms with Crippen LogP contribution in [0.1, 0.15) is 31.2 Å². The summed E-state index contributed by atoms with van der Waals surface area (Å²) in [5, 5.41) is 2.86. The van der Waals surface area contributed by atoms with Gasteiger partial charge in [0.05, 0.1) is 17.5 Å². The lowest BCUT2D eigenvalue weighted by molar-refractivity contribution is -0.116. The lowest BCUT2D eigenvalue weighted by Gasteiger charge is -2.13. The molecule has 1 fully saturated rings. The molecule has 1 unspecified atom stereocenters. The van der Waals surface area contributed by atoms with Crippen molar-refractivity contribution in [1.29, 1.82) is 0 Å². The molecule has 0 bridgehead atoms. The summed E-state index contributed by atoms with van der Waals surface area (Å²) in [6.45, 7) is 2.78. The number of anilines is 2. The number of hydrogen-bond acceptors (Lipinski definition) is 3. The third-order valence-electron chi connectivity index (χ3n) is 3.25. The molecule has 0 aromatic heterocycles. The first kappa shape index (κ1) is 14.3. The number of benzene rings is 1. The topological polar surface area (TPSA) is 64.3 Å². The molecule has 1 atom stereocenters. The monoisotopic (exact) mass is 326 g/mol. The van der Waals surface area contributed by atoms with Gasteiger partial charge in [-0.05, 0) is 59.8 Å². The maximum Gasteiger partial charge on any atom is 0.224 e. The van der Waals surface area contributed by atoms with E-state index in [2.05, 4.69) is 21.2 Å². The van der Waals surface area contributed by atoms with E-state index in [0.717, 1.165) is 35.9 Å². The Morgan fingerprint density at radius 1 is 1.58 bits per heavy atom. The van der Waals surface area contributed by atoms with E-state index >= 15 is 0 Å². The molecule has 1 aromatic carbocycles. The van der Waals surface area contributed by atoms with E-state index in [9.17, 15) is 4.79 Å². The predicted octanol–water partition coefficient (Wildman–Crippen LogP) is 3.24. The highest BCUT2D eigenvalue weighted by molar-refractivity contribution is 9.10. The molecular weight excluding hydrogens is 308 g/mol. The molecular formula is C14H19BrN2O2. The van der Waals surface area contributed by atoms with Gasteiger partial charge in [-0.25, -0.2) is 0 Å². The molecule has 2 rings (SSSR count). The van der Waals surface area contributed by atoms with E-state index < -0.39 is 0 Å². The predicted molar refractivity (Wildman–Crippen MR) is 80.1 cm³/mol. The van der Waals surface area contributed by atoms with Crippen LogP contribution >= 0.6 is 15.9 Å². The first-order chi connectivity index (χ1) is 9.06. The summed E-state index contributed by atoms with van der Waals surface area (Å²) in [7, 11) is 0. The average molecular weight is 327 g/mol. The zero-order valence-corrected chi connectivity index (χ0v) is 12.6. The SMILES string of the molecule is Cc1cc(N)c(NC(=O)CCC2CCCO2)c(Br)c1. The fraction of sp³-hybridized carbons (Fsp3) is 0.500. The van der Waals surface area contributed by atoms with Crippen molar-refractivity contribution in [2.24, 2.45) is 0 Å². The molecule has 3 N–H and O–H groups in total. The number of nitrogen functional groups attached to an aromatic ring is 1. The van der Waals surface area contributed by atoms with E-state index in [1.165, 1.54) is 0 Å². The number of carbonyl (C=O) groups excluding carboxylic acids is 1. The molecule has 1 aliphatic heterocycles. The Kier molecular flexibility index (Phi) is 4.82. The summed E-state index contributed by atoms with van der Waals surface area (Å²) in [6.07, 6.45) is 3.64. The van der Waals surface area contributed by atoms with Crippen LogP contribution in [-0.4, -0.2) is 18.6 Å². The highest BCUT2D eigenvalue weighted by Gasteiger charge is 2.17. The summed E-state index contributed by atoms with van der Waals surface area (Å²) >= 11 is 3.42. The first-order valence-electron chi connectivity index (χ1n) is 6.53. The molecule has 1 amide bonds. The van der Waals surface area contributed by atoms with Crippen molar-refractivity contribution in [3.05, 3.63) is 22.2 Å². The van der Waals surface area contributed by atoms with Gasteiger partial charge in [0, 0.05) is 17.5 Å². The highest BCUT2D eigenvalue weighted by Crippen LogP contribution is 2.30. The molecule has 4 nitrogen and oxygen atoms in total. The number of hydrogen-bond donors (Lipinski definition) is 2. The van der Waals surface area contributed by atoms with Crippen LogP contribution in [-0.2, 0) is 9.53 Å². The third-order valence-corrected chi connectivity index (χ3v) is 3.87. The third kappa shape index (κ3) is 3.94. The molecule has 1 aliphatic rings. The minimum Gasteiger partial charge on any atom is -0.397 e. The lowest BCUT2D eigenvalue weighted by atomic mass is 10.1. The molecule has 1 aromatic rings. The largest absolute Gasteiger partial charge is 0.397 e. The van der Waals surface area contributed by atoms with Crippen LogP contribution in [0.15, 0.2) is 16.6 Å². The molecule has 5 heteroatoms. The Hall–Kier alpha value is -1.07. The number of carbonyl (C=O) groups is 1. The summed E-state index contributed by atoms with van der Waals surface area (Å²) in [5.74, 6) is -0.0215. The van der Waals surface area contributed by atoms with E-state index in [1.807, 2.05) is 19.1 Å². The summed E-state index contributed by atoms with van der Waals surface area (Å²) in [5.41, 5.74) is 8.21. The average Bonchev–Trinajstić information content (AvgIpc) is 2.84. The fourth-order valence-electron chi connectivity index (χ4n) is 2.27. The Morgan fingerprint density at radius 2 is 2.37 bits per heavy atom. The van der Waals surface area contributed by atoms with E-state index in [1.54, 1.807) is 0 Å². The second kappa shape index (κ2) is 6.39. The number of halogens is 1. The first-order valence-corrected chi connectivity index (χ1v) is 7.32. The standard InChI is InChI=1S/C14H19BrN2O2/c1-9-7-11(15)14(12(16)8-9)17-13(18)5-4-10-3-2-6-19-10/h7-8,10H,2-6,16H2,1H3,(H,17,18). The van der Waals surface area contributed by atoms with Gasteiger partial charge in [-0.1, -0.05) is 0 Å². The Morgan fingerprint density at radius 3 is 3.00 bits per heavy atom. The van der Waals surface area contributed by atoms with Crippen LogP contribution < -0.4 is 11.1 Å². The van der Waals surface area contributed by atoms with Gasteiger partial charge < -0.3 is 15.8 Å². The maximum atomic E-state index is 11.9. The maximum absolute atomic E-state index is 11.9. The van der Waals surface area contributed by atoms with Crippen molar-refractivity contribution in [3.63, 3.8) is 0 Å². The zero-order valence-electron chi connectivity index (χ0n) is 11.0. The van der Waals surface area contributed by atoms with Crippen molar-refractivity contribution in [3.8, 4) is 0 Å². The van der Waals surface area contributed by atoms with Crippen LogP contribution in [0.25, 0.3) is 0 Å². The molecule has 0 aliphatic carbocycles. The highest BCUT2D eigenvalue weighted by atomic mass is 79.9. The summed E-state index contributed by atoms with van der Waals surface area (Å²) in [6, 6.07) is 3.78. The number of rotatable bonds is 4. The molecule has 1 saturated heterocycles. The van der Waals surface area contributed by atoms with Crippen LogP contribution in [0.2, 0.25) is 0 Å². The van der Waals surface area contributed by atoms with Crippen LogP contribution in [0.3, 0.4) is 0 Å². The van der Waals surface area contributed by atoms with Crippen molar-refractivity contribution in [2.45, 2.75) is 38.7 Å². The van der Waals surface area contributed by atoms with Crippen LogP contribution in [0.4, 0.5) is 11.4 Å². The second-order valence-electron chi connectivity index (χ2n) is 4.93. The van der Waals surface area contributed by atoms with Crippen molar-refractivity contribution in [2.75, 3.05) is 17.7 Å². The number of ether oxygens (including phenoxy) is 1. The van der Waals surface area contributed by atoms with Gasteiger partial charge in [0.2, 0.25) is 5.91 Å². The van der Waals surface area contributed by atoms with Gasteiger partial charge in [0.25, 0.3) is 0 Å². The van der Waals surface area contributed by atoms with Crippen molar-refractivity contribution in [1.82, 2.24) is 0 Å².